The Balaban J connectivity index is 1.60. The van der Waals surface area contributed by atoms with E-state index in [4.69, 9.17) is 21.1 Å². The average molecular weight is 535 g/mol. The van der Waals surface area contributed by atoms with Crippen molar-refractivity contribution in [1.29, 1.82) is 0 Å². The number of methoxy groups -OCH3 is 2. The summed E-state index contributed by atoms with van der Waals surface area (Å²) in [6.45, 7) is 2.63. The summed E-state index contributed by atoms with van der Waals surface area (Å²) < 4.78 is 39.3. The standard InChI is InChI=1S/C24H27ClN4O6S/c1-15-6-8-29(9-7-15)36(32,33)16-4-5-19-17(10-16)24(31)28(14-26-19)13-23(30)27-20-11-18(25)21(34-2)12-22(20)35-3/h4-5,10-12,14-15H,6-9,13H2,1-3H3,(H,27,30). The molecule has 0 aliphatic carbocycles. The van der Waals surface area contributed by atoms with Gasteiger partial charge in [-0.3, -0.25) is 14.2 Å². The minimum Gasteiger partial charge on any atom is -0.495 e. The SMILES string of the molecule is COc1cc(OC)c(NC(=O)Cn2cnc3ccc(S(=O)(=O)N4CCC(C)CC4)cc3c2=O)cc1Cl. The van der Waals surface area contributed by atoms with Crippen molar-refractivity contribution in [2.75, 3.05) is 32.6 Å². The molecule has 3 aromatic rings. The van der Waals surface area contributed by atoms with Gasteiger partial charge in [0.05, 0.1) is 47.1 Å². The minimum absolute atomic E-state index is 0.0308. The summed E-state index contributed by atoms with van der Waals surface area (Å²) >= 11 is 6.16. The molecule has 0 bridgehead atoms. The third-order valence-corrected chi connectivity index (χ3v) is 8.43. The summed E-state index contributed by atoms with van der Waals surface area (Å²) in [7, 11) is -0.850. The van der Waals surface area contributed by atoms with Gasteiger partial charge >= 0.3 is 0 Å². The molecule has 12 heteroatoms. The Labute approximate surface area is 213 Å². The van der Waals surface area contributed by atoms with Crippen LogP contribution < -0.4 is 20.3 Å². The van der Waals surface area contributed by atoms with Gasteiger partial charge in [0, 0.05) is 19.2 Å². The highest BCUT2D eigenvalue weighted by atomic mass is 35.5. The highest BCUT2D eigenvalue weighted by molar-refractivity contribution is 7.89. The first-order valence-corrected chi connectivity index (χ1v) is 13.2. The number of benzene rings is 2. The van der Waals surface area contributed by atoms with Crippen molar-refractivity contribution in [3.63, 3.8) is 0 Å². The lowest BCUT2D eigenvalue weighted by Crippen LogP contribution is -2.38. The Kier molecular flexibility index (Phi) is 7.53. The number of fused-ring (bicyclic) bond motifs is 1. The van der Waals surface area contributed by atoms with Crippen molar-refractivity contribution in [2.24, 2.45) is 5.92 Å². The predicted molar refractivity (Wildman–Crippen MR) is 136 cm³/mol. The van der Waals surface area contributed by atoms with Crippen LogP contribution in [0.15, 0.2) is 46.3 Å². The average Bonchev–Trinajstić information content (AvgIpc) is 2.86. The molecule has 1 aromatic heterocycles. The number of piperidine rings is 1. The van der Waals surface area contributed by atoms with Gasteiger partial charge < -0.3 is 14.8 Å². The van der Waals surface area contributed by atoms with Gasteiger partial charge in [-0.05, 0) is 43.0 Å². The zero-order valence-corrected chi connectivity index (χ0v) is 21.7. The molecule has 1 saturated heterocycles. The third-order valence-electron chi connectivity index (χ3n) is 6.24. The lowest BCUT2D eigenvalue weighted by atomic mass is 10.0. The fourth-order valence-electron chi connectivity index (χ4n) is 4.09. The highest BCUT2D eigenvalue weighted by Crippen LogP contribution is 2.35. The first-order chi connectivity index (χ1) is 17.1. The van der Waals surface area contributed by atoms with Crippen LogP contribution in [0.25, 0.3) is 10.9 Å². The molecule has 2 heterocycles. The van der Waals surface area contributed by atoms with Gasteiger partial charge in [-0.15, -0.1) is 0 Å². The van der Waals surface area contributed by atoms with Crippen LogP contribution in [0.1, 0.15) is 19.8 Å². The van der Waals surface area contributed by atoms with E-state index in [9.17, 15) is 18.0 Å². The molecule has 0 spiro atoms. The largest absolute Gasteiger partial charge is 0.495 e. The third kappa shape index (κ3) is 5.18. The molecule has 36 heavy (non-hydrogen) atoms. The van der Waals surface area contributed by atoms with E-state index < -0.39 is 21.5 Å². The molecule has 1 aliphatic rings. The Morgan fingerprint density at radius 2 is 1.83 bits per heavy atom. The molecule has 192 valence electrons. The van der Waals surface area contributed by atoms with Crippen LogP contribution >= 0.6 is 11.6 Å². The number of aromatic nitrogens is 2. The maximum atomic E-state index is 13.1. The van der Waals surface area contributed by atoms with Crippen molar-refractivity contribution >= 4 is 44.1 Å². The Hall–Kier alpha value is -3.15. The van der Waals surface area contributed by atoms with Crippen molar-refractivity contribution in [3.8, 4) is 11.5 Å². The molecule has 4 rings (SSSR count). The van der Waals surface area contributed by atoms with Crippen molar-refractivity contribution in [3.05, 3.63) is 52.0 Å². The topological polar surface area (TPSA) is 120 Å². The predicted octanol–water partition coefficient (Wildman–Crippen LogP) is 3.13. The monoisotopic (exact) mass is 534 g/mol. The van der Waals surface area contributed by atoms with E-state index >= 15 is 0 Å². The number of amides is 1. The van der Waals surface area contributed by atoms with Gasteiger partial charge in [0.1, 0.15) is 18.0 Å². The number of ether oxygens (including phenoxy) is 2. The highest BCUT2D eigenvalue weighted by Gasteiger charge is 2.28. The maximum absolute atomic E-state index is 13.1. The molecule has 10 nitrogen and oxygen atoms in total. The second-order valence-electron chi connectivity index (χ2n) is 8.68. The van der Waals surface area contributed by atoms with Crippen LogP contribution in [-0.4, -0.2) is 55.5 Å². The zero-order valence-electron chi connectivity index (χ0n) is 20.2. The molecule has 0 saturated carbocycles. The first kappa shape index (κ1) is 25.9. The van der Waals surface area contributed by atoms with Crippen LogP contribution in [0.5, 0.6) is 11.5 Å². The Bertz CT molecular complexity index is 1470. The van der Waals surface area contributed by atoms with Crippen molar-refractivity contribution < 1.29 is 22.7 Å². The number of hydrogen-bond acceptors (Lipinski definition) is 7. The number of sulfonamides is 1. The number of rotatable bonds is 7. The molecular formula is C24H27ClN4O6S. The van der Waals surface area contributed by atoms with Gasteiger partial charge in [-0.2, -0.15) is 4.31 Å². The molecule has 0 radical (unpaired) electrons. The fourth-order valence-corrected chi connectivity index (χ4v) is 5.82. The molecule has 0 atom stereocenters. The lowest BCUT2D eigenvalue weighted by Gasteiger charge is -2.29. The minimum atomic E-state index is -3.75. The summed E-state index contributed by atoms with van der Waals surface area (Å²) in [5, 5.41) is 3.05. The van der Waals surface area contributed by atoms with Gasteiger partial charge in [-0.25, -0.2) is 13.4 Å². The molecule has 1 N–H and O–H groups in total. The number of anilines is 1. The lowest BCUT2D eigenvalue weighted by molar-refractivity contribution is -0.116. The normalized spacial score (nSPS) is 15.1. The molecule has 1 fully saturated rings. The van der Waals surface area contributed by atoms with E-state index in [1.807, 2.05) is 0 Å². The summed E-state index contributed by atoms with van der Waals surface area (Å²) in [6.07, 6.45) is 2.84. The van der Waals surface area contributed by atoms with Crippen LogP contribution in [-0.2, 0) is 21.4 Å². The smallest absolute Gasteiger partial charge is 0.261 e. The molecular weight excluding hydrogens is 508 g/mol. The van der Waals surface area contributed by atoms with Gasteiger partial charge in [-0.1, -0.05) is 18.5 Å². The van der Waals surface area contributed by atoms with E-state index in [0.717, 1.165) is 17.4 Å². The summed E-state index contributed by atoms with van der Waals surface area (Å²) in [5.41, 5.74) is 0.116. The number of nitrogens with one attached hydrogen (secondary N) is 1. The van der Waals surface area contributed by atoms with Crippen LogP contribution in [0, 0.1) is 5.92 Å². The number of carbonyl (C=O) groups is 1. The summed E-state index contributed by atoms with van der Waals surface area (Å²) in [4.78, 5) is 30.1. The zero-order chi connectivity index (χ0) is 26.0. The molecule has 0 unspecified atom stereocenters. The van der Waals surface area contributed by atoms with Gasteiger partial charge in [0.2, 0.25) is 15.9 Å². The van der Waals surface area contributed by atoms with E-state index in [1.54, 1.807) is 0 Å². The van der Waals surface area contributed by atoms with E-state index in [-0.39, 0.29) is 21.8 Å². The molecule has 2 aromatic carbocycles. The van der Waals surface area contributed by atoms with Crippen molar-refractivity contribution in [1.82, 2.24) is 13.9 Å². The van der Waals surface area contributed by atoms with Crippen LogP contribution in [0.4, 0.5) is 5.69 Å². The number of nitrogens with zero attached hydrogens (tertiary/aromatic N) is 3. The number of hydrogen-bond donors (Lipinski definition) is 1. The van der Waals surface area contributed by atoms with Crippen molar-refractivity contribution in [2.45, 2.75) is 31.2 Å². The van der Waals surface area contributed by atoms with Gasteiger partial charge in [0.15, 0.2) is 0 Å². The van der Waals surface area contributed by atoms with E-state index in [0.29, 0.717) is 41.7 Å². The number of halogens is 1. The quantitative estimate of drug-likeness (QED) is 0.494. The maximum Gasteiger partial charge on any atom is 0.261 e. The summed E-state index contributed by atoms with van der Waals surface area (Å²) in [6, 6.07) is 7.31. The first-order valence-electron chi connectivity index (χ1n) is 11.3. The molecule has 1 aliphatic heterocycles. The van der Waals surface area contributed by atoms with E-state index in [1.165, 1.54) is 55.2 Å². The van der Waals surface area contributed by atoms with E-state index in [2.05, 4.69) is 17.2 Å². The van der Waals surface area contributed by atoms with Gasteiger partial charge in [0.25, 0.3) is 5.56 Å². The fraction of sp³-hybridized carbons (Fsp3) is 0.375. The Morgan fingerprint density at radius 1 is 1.14 bits per heavy atom. The Morgan fingerprint density at radius 3 is 2.50 bits per heavy atom. The second kappa shape index (κ2) is 10.5. The molecule has 1 amide bonds. The van der Waals surface area contributed by atoms with Crippen LogP contribution in [0.3, 0.4) is 0 Å². The van der Waals surface area contributed by atoms with Crippen LogP contribution in [0.2, 0.25) is 5.02 Å². The second-order valence-corrected chi connectivity index (χ2v) is 11.0. The summed E-state index contributed by atoms with van der Waals surface area (Å²) in [5.74, 6) is 0.662. The number of carbonyl (C=O) groups excluding carboxylic acids is 1.